The smallest absolute Gasteiger partial charge is 0.267 e. The topological polar surface area (TPSA) is 61.4 Å². The van der Waals surface area contributed by atoms with Gasteiger partial charge in [-0.3, -0.25) is 9.20 Å². The Labute approximate surface area is 160 Å². The lowest BCUT2D eigenvalue weighted by Crippen LogP contribution is -2.22. The van der Waals surface area contributed by atoms with Crippen LogP contribution in [0.2, 0.25) is 0 Å². The monoisotopic (exact) mass is 380 g/mol. The average Bonchev–Trinajstić information content (AvgIpc) is 3.05. The quantitative estimate of drug-likeness (QED) is 0.503. The Balaban J connectivity index is 2.18. The summed E-state index contributed by atoms with van der Waals surface area (Å²) in [5, 5.41) is 10.4. The molecule has 7 heteroatoms. The minimum atomic E-state index is -0.143. The van der Waals surface area contributed by atoms with Crippen molar-refractivity contribution in [1.82, 2.24) is 19.2 Å². The Morgan fingerprint density at radius 2 is 1.89 bits per heavy atom. The fraction of sp³-hybridized carbons (Fsp3) is 0.250. The van der Waals surface area contributed by atoms with Crippen LogP contribution < -0.4 is 10.3 Å². The minimum Gasteiger partial charge on any atom is -0.495 e. The van der Waals surface area contributed by atoms with Crippen LogP contribution in [-0.4, -0.2) is 31.5 Å². The van der Waals surface area contributed by atoms with Gasteiger partial charge in [0, 0.05) is 5.25 Å². The Morgan fingerprint density at radius 1 is 1.11 bits per heavy atom. The van der Waals surface area contributed by atoms with Crippen LogP contribution in [0.1, 0.15) is 19.4 Å². The second-order valence-electron chi connectivity index (χ2n) is 6.62. The summed E-state index contributed by atoms with van der Waals surface area (Å²) in [5.74, 6) is 1.09. The van der Waals surface area contributed by atoms with E-state index in [0.29, 0.717) is 27.9 Å². The third-order valence-corrected chi connectivity index (χ3v) is 5.26. The number of methoxy groups -OCH3 is 1. The fourth-order valence-corrected chi connectivity index (χ4v) is 3.95. The van der Waals surface area contributed by atoms with E-state index in [-0.39, 0.29) is 5.56 Å². The Morgan fingerprint density at radius 3 is 2.63 bits per heavy atom. The van der Waals surface area contributed by atoms with Crippen molar-refractivity contribution >= 4 is 28.4 Å². The maximum atomic E-state index is 13.4. The van der Waals surface area contributed by atoms with Gasteiger partial charge in [-0.05, 0) is 36.8 Å². The van der Waals surface area contributed by atoms with E-state index in [4.69, 9.17) is 4.74 Å². The molecule has 0 atom stereocenters. The predicted octanol–water partition coefficient (Wildman–Crippen LogP) is 3.85. The molecule has 4 rings (SSSR count). The first-order valence-corrected chi connectivity index (χ1v) is 9.59. The number of aryl methyl sites for hydroxylation is 1. The molecule has 0 saturated heterocycles. The summed E-state index contributed by atoms with van der Waals surface area (Å²) < 4.78 is 9.06. The third-order valence-electron chi connectivity index (χ3n) is 4.31. The zero-order valence-corrected chi connectivity index (χ0v) is 16.4. The maximum Gasteiger partial charge on any atom is 0.267 e. The summed E-state index contributed by atoms with van der Waals surface area (Å²) in [5.41, 5.74) is 2.34. The van der Waals surface area contributed by atoms with E-state index < -0.39 is 0 Å². The number of fused-ring (bicyclic) bond motifs is 3. The van der Waals surface area contributed by atoms with E-state index in [2.05, 4.69) is 24.0 Å². The molecule has 0 fully saturated rings. The highest BCUT2D eigenvalue weighted by Crippen LogP contribution is 2.28. The third kappa shape index (κ3) is 2.88. The SMILES string of the molecule is COc1ccc(C)cc1-n1c(=O)c2ccccc2n2c(SC(C)C)nnc12. The van der Waals surface area contributed by atoms with E-state index in [1.165, 1.54) is 0 Å². The van der Waals surface area contributed by atoms with Gasteiger partial charge in [0.2, 0.25) is 5.78 Å². The molecule has 0 N–H and O–H groups in total. The van der Waals surface area contributed by atoms with Crippen LogP contribution in [-0.2, 0) is 0 Å². The van der Waals surface area contributed by atoms with Crippen LogP contribution in [0.5, 0.6) is 5.75 Å². The molecule has 0 aliphatic carbocycles. The van der Waals surface area contributed by atoms with E-state index in [9.17, 15) is 4.79 Å². The molecule has 2 aromatic carbocycles. The van der Waals surface area contributed by atoms with Crippen LogP contribution in [0.25, 0.3) is 22.4 Å². The molecule has 0 bridgehead atoms. The molecule has 2 aromatic heterocycles. The summed E-state index contributed by atoms with van der Waals surface area (Å²) in [6.45, 7) is 6.19. The molecule has 0 saturated carbocycles. The molecule has 2 heterocycles. The minimum absolute atomic E-state index is 0.143. The first-order valence-electron chi connectivity index (χ1n) is 8.72. The summed E-state index contributed by atoms with van der Waals surface area (Å²) in [6, 6.07) is 13.3. The average molecular weight is 380 g/mol. The highest BCUT2D eigenvalue weighted by atomic mass is 32.2. The molecule has 0 radical (unpaired) electrons. The standard InChI is InChI=1S/C20H20N4O2S/c1-12(2)27-20-22-21-19-23(16-11-13(3)9-10-17(16)26-4)18(25)14-7-5-6-8-15(14)24(19)20/h5-12H,1-4H3. The molecule has 0 aliphatic rings. The van der Waals surface area contributed by atoms with Gasteiger partial charge in [-0.1, -0.05) is 43.8 Å². The molecule has 6 nitrogen and oxygen atoms in total. The molecular formula is C20H20N4O2S. The number of nitrogens with zero attached hydrogens (tertiary/aromatic N) is 4. The lowest BCUT2D eigenvalue weighted by atomic mass is 10.2. The van der Waals surface area contributed by atoms with Crippen LogP contribution in [0.3, 0.4) is 0 Å². The normalized spacial score (nSPS) is 11.6. The van der Waals surface area contributed by atoms with Crippen molar-refractivity contribution in [2.24, 2.45) is 0 Å². The summed E-state index contributed by atoms with van der Waals surface area (Å²) in [4.78, 5) is 13.4. The molecule has 138 valence electrons. The van der Waals surface area contributed by atoms with E-state index in [1.54, 1.807) is 23.4 Å². The van der Waals surface area contributed by atoms with Gasteiger partial charge in [0.1, 0.15) is 5.75 Å². The lowest BCUT2D eigenvalue weighted by Gasteiger charge is -2.15. The van der Waals surface area contributed by atoms with Gasteiger partial charge in [-0.15, -0.1) is 10.2 Å². The molecule has 0 spiro atoms. The Hall–Kier alpha value is -2.80. The number of thioether (sulfide) groups is 1. The number of ether oxygens (including phenoxy) is 1. The van der Waals surface area contributed by atoms with E-state index >= 15 is 0 Å². The number of para-hydroxylation sites is 1. The zero-order chi connectivity index (χ0) is 19.1. The summed E-state index contributed by atoms with van der Waals surface area (Å²) >= 11 is 1.62. The van der Waals surface area contributed by atoms with Crippen molar-refractivity contribution in [3.63, 3.8) is 0 Å². The van der Waals surface area contributed by atoms with Crippen molar-refractivity contribution in [3.05, 3.63) is 58.4 Å². The van der Waals surface area contributed by atoms with E-state index in [1.807, 2.05) is 53.8 Å². The van der Waals surface area contributed by atoms with Gasteiger partial charge in [0.05, 0.1) is 23.7 Å². The van der Waals surface area contributed by atoms with Gasteiger partial charge in [0.15, 0.2) is 5.16 Å². The maximum absolute atomic E-state index is 13.4. The van der Waals surface area contributed by atoms with Crippen LogP contribution in [0.15, 0.2) is 52.4 Å². The first-order chi connectivity index (χ1) is 13.0. The Bertz CT molecular complexity index is 1210. The van der Waals surface area contributed by atoms with Gasteiger partial charge < -0.3 is 4.74 Å². The van der Waals surface area contributed by atoms with Crippen LogP contribution >= 0.6 is 11.8 Å². The number of benzene rings is 2. The molecular weight excluding hydrogens is 360 g/mol. The highest BCUT2D eigenvalue weighted by Gasteiger charge is 2.20. The summed E-state index contributed by atoms with van der Waals surface area (Å²) in [7, 11) is 1.60. The number of hydrogen-bond donors (Lipinski definition) is 0. The van der Waals surface area contributed by atoms with Crippen molar-refractivity contribution < 1.29 is 4.74 Å². The molecule has 0 aliphatic heterocycles. The predicted molar refractivity (Wildman–Crippen MR) is 108 cm³/mol. The molecule has 0 unspecified atom stereocenters. The first kappa shape index (κ1) is 17.6. The Kier molecular flexibility index (Phi) is 4.39. The van der Waals surface area contributed by atoms with Gasteiger partial charge >= 0.3 is 0 Å². The lowest BCUT2D eigenvalue weighted by molar-refractivity contribution is 0.412. The van der Waals surface area contributed by atoms with Crippen molar-refractivity contribution in [2.45, 2.75) is 31.2 Å². The van der Waals surface area contributed by atoms with E-state index in [0.717, 1.165) is 16.2 Å². The molecule has 4 aromatic rings. The van der Waals surface area contributed by atoms with Crippen LogP contribution in [0.4, 0.5) is 0 Å². The zero-order valence-electron chi connectivity index (χ0n) is 15.6. The van der Waals surface area contributed by atoms with Crippen LogP contribution in [0, 0.1) is 6.92 Å². The van der Waals surface area contributed by atoms with Gasteiger partial charge in [-0.25, -0.2) is 4.57 Å². The number of aromatic nitrogens is 4. The second kappa shape index (κ2) is 6.74. The largest absolute Gasteiger partial charge is 0.495 e. The highest BCUT2D eigenvalue weighted by molar-refractivity contribution is 7.99. The molecule has 0 amide bonds. The fourth-order valence-electron chi connectivity index (χ4n) is 3.16. The van der Waals surface area contributed by atoms with Crippen molar-refractivity contribution in [1.29, 1.82) is 0 Å². The molecule has 27 heavy (non-hydrogen) atoms. The van der Waals surface area contributed by atoms with Crippen molar-refractivity contribution in [2.75, 3.05) is 7.11 Å². The number of hydrogen-bond acceptors (Lipinski definition) is 5. The van der Waals surface area contributed by atoms with Crippen molar-refractivity contribution in [3.8, 4) is 11.4 Å². The number of rotatable bonds is 4. The van der Waals surface area contributed by atoms with Gasteiger partial charge in [0.25, 0.3) is 5.56 Å². The summed E-state index contributed by atoms with van der Waals surface area (Å²) in [6.07, 6.45) is 0. The van der Waals surface area contributed by atoms with Gasteiger partial charge in [-0.2, -0.15) is 0 Å². The second-order valence-corrected chi connectivity index (χ2v) is 8.16.